The molecule has 2 heterocycles. The van der Waals surface area contributed by atoms with Crippen molar-refractivity contribution in [3.05, 3.63) is 64.1 Å². The van der Waals surface area contributed by atoms with E-state index in [2.05, 4.69) is 4.98 Å². The van der Waals surface area contributed by atoms with Gasteiger partial charge in [-0.1, -0.05) is 49.1 Å². The van der Waals surface area contributed by atoms with Crippen LogP contribution in [0.3, 0.4) is 0 Å². The molecule has 1 fully saturated rings. The van der Waals surface area contributed by atoms with Gasteiger partial charge in [-0.05, 0) is 37.1 Å². The standard InChI is InChI=1S/C25H27ClN2O3S/c1-30-22-9-7-8-21(25(29)28-14-5-3-2-4-6-15-28)23(22)31-16-20-17-32-24(27-20)18-10-12-19(26)13-11-18/h7-13,17H,2-6,14-16H2,1H3. The fraction of sp³-hybridized carbons (Fsp3) is 0.360. The molecule has 0 atom stereocenters. The SMILES string of the molecule is COc1cccc(C(=O)N2CCCCCCC2)c1OCc1csc(-c2ccc(Cl)cc2)n1. The highest BCUT2D eigenvalue weighted by atomic mass is 35.5. The maximum Gasteiger partial charge on any atom is 0.257 e. The van der Waals surface area contributed by atoms with Crippen molar-refractivity contribution < 1.29 is 14.3 Å². The van der Waals surface area contributed by atoms with E-state index in [1.165, 1.54) is 19.3 Å². The maximum absolute atomic E-state index is 13.3. The smallest absolute Gasteiger partial charge is 0.257 e. The van der Waals surface area contributed by atoms with Gasteiger partial charge in [0.2, 0.25) is 0 Å². The summed E-state index contributed by atoms with van der Waals surface area (Å²) in [6.07, 6.45) is 5.67. The number of methoxy groups -OCH3 is 1. The summed E-state index contributed by atoms with van der Waals surface area (Å²) in [5, 5.41) is 3.57. The van der Waals surface area contributed by atoms with E-state index in [1.807, 2.05) is 52.7 Å². The third kappa shape index (κ3) is 5.43. The fourth-order valence-electron chi connectivity index (χ4n) is 3.86. The number of carbonyl (C=O) groups excluding carboxylic acids is 1. The summed E-state index contributed by atoms with van der Waals surface area (Å²) in [7, 11) is 1.59. The molecule has 32 heavy (non-hydrogen) atoms. The van der Waals surface area contributed by atoms with Crippen LogP contribution in [-0.2, 0) is 6.61 Å². The zero-order chi connectivity index (χ0) is 22.3. The number of ether oxygens (including phenoxy) is 2. The van der Waals surface area contributed by atoms with Gasteiger partial charge in [0.15, 0.2) is 11.5 Å². The second-order valence-electron chi connectivity index (χ2n) is 7.84. The number of rotatable bonds is 6. The Bertz CT molecular complexity index is 1040. The van der Waals surface area contributed by atoms with Crippen LogP contribution in [0.5, 0.6) is 11.5 Å². The predicted molar refractivity (Wildman–Crippen MR) is 129 cm³/mol. The summed E-state index contributed by atoms with van der Waals surface area (Å²) in [5.41, 5.74) is 2.35. The van der Waals surface area contributed by atoms with E-state index < -0.39 is 0 Å². The molecule has 4 rings (SSSR count). The third-order valence-electron chi connectivity index (χ3n) is 5.58. The van der Waals surface area contributed by atoms with Gasteiger partial charge >= 0.3 is 0 Å². The quantitative estimate of drug-likeness (QED) is 0.415. The summed E-state index contributed by atoms with van der Waals surface area (Å²) in [6, 6.07) is 13.1. The predicted octanol–water partition coefficient (Wildman–Crippen LogP) is 6.46. The topological polar surface area (TPSA) is 51.7 Å². The summed E-state index contributed by atoms with van der Waals surface area (Å²) < 4.78 is 11.6. The van der Waals surface area contributed by atoms with Crippen LogP contribution in [0.2, 0.25) is 5.02 Å². The second-order valence-corrected chi connectivity index (χ2v) is 9.13. The summed E-state index contributed by atoms with van der Waals surface area (Å²) in [6.45, 7) is 1.82. The zero-order valence-electron chi connectivity index (χ0n) is 18.2. The average Bonchev–Trinajstić information content (AvgIpc) is 3.26. The van der Waals surface area contributed by atoms with Crippen LogP contribution in [0.25, 0.3) is 10.6 Å². The molecule has 5 nitrogen and oxygen atoms in total. The Hall–Kier alpha value is -2.57. The Morgan fingerprint density at radius 1 is 1.06 bits per heavy atom. The number of aromatic nitrogens is 1. The summed E-state index contributed by atoms with van der Waals surface area (Å²) in [4.78, 5) is 20.0. The lowest BCUT2D eigenvalue weighted by atomic mass is 10.1. The zero-order valence-corrected chi connectivity index (χ0v) is 19.8. The number of para-hydroxylation sites is 1. The van der Waals surface area contributed by atoms with Gasteiger partial charge in [-0.2, -0.15) is 0 Å². The maximum atomic E-state index is 13.3. The highest BCUT2D eigenvalue weighted by Crippen LogP contribution is 2.34. The Morgan fingerprint density at radius 2 is 1.78 bits per heavy atom. The van der Waals surface area contributed by atoms with Gasteiger partial charge in [-0.15, -0.1) is 11.3 Å². The molecule has 1 saturated heterocycles. The molecular formula is C25H27ClN2O3S. The molecule has 2 aromatic carbocycles. The highest BCUT2D eigenvalue weighted by Gasteiger charge is 2.23. The van der Waals surface area contributed by atoms with Crippen LogP contribution in [-0.4, -0.2) is 36.0 Å². The average molecular weight is 471 g/mol. The Balaban J connectivity index is 1.52. The van der Waals surface area contributed by atoms with Crippen molar-refractivity contribution in [2.75, 3.05) is 20.2 Å². The van der Waals surface area contributed by atoms with E-state index in [1.54, 1.807) is 18.4 Å². The van der Waals surface area contributed by atoms with Gasteiger partial charge in [0.1, 0.15) is 11.6 Å². The van der Waals surface area contributed by atoms with E-state index in [0.717, 1.165) is 42.2 Å². The third-order valence-corrected chi connectivity index (χ3v) is 6.77. The van der Waals surface area contributed by atoms with Crippen molar-refractivity contribution in [3.8, 4) is 22.1 Å². The molecule has 0 unspecified atom stereocenters. The van der Waals surface area contributed by atoms with Crippen LogP contribution in [0.15, 0.2) is 47.8 Å². The minimum atomic E-state index is 0.000862. The lowest BCUT2D eigenvalue weighted by Gasteiger charge is -2.26. The van der Waals surface area contributed by atoms with Crippen LogP contribution >= 0.6 is 22.9 Å². The van der Waals surface area contributed by atoms with Crippen LogP contribution in [0, 0.1) is 0 Å². The molecule has 0 bridgehead atoms. The van der Waals surface area contributed by atoms with Gasteiger partial charge in [-0.25, -0.2) is 4.98 Å². The van der Waals surface area contributed by atoms with Crippen molar-refractivity contribution in [2.45, 2.75) is 38.7 Å². The van der Waals surface area contributed by atoms with E-state index in [4.69, 9.17) is 21.1 Å². The largest absolute Gasteiger partial charge is 0.493 e. The monoisotopic (exact) mass is 470 g/mol. The molecule has 168 valence electrons. The Labute approximate surface area is 198 Å². The van der Waals surface area contributed by atoms with Crippen molar-refractivity contribution in [1.29, 1.82) is 0 Å². The van der Waals surface area contributed by atoms with Crippen molar-refractivity contribution in [1.82, 2.24) is 9.88 Å². The Kier molecular flexibility index (Phi) is 7.66. The van der Waals surface area contributed by atoms with Gasteiger partial charge in [-0.3, -0.25) is 4.79 Å². The van der Waals surface area contributed by atoms with Crippen LogP contribution in [0.4, 0.5) is 0 Å². The van der Waals surface area contributed by atoms with E-state index in [-0.39, 0.29) is 12.5 Å². The van der Waals surface area contributed by atoms with Crippen molar-refractivity contribution in [2.24, 2.45) is 0 Å². The summed E-state index contributed by atoms with van der Waals surface area (Å²) in [5.74, 6) is 1.03. The first kappa shape index (κ1) is 22.6. The molecule has 0 saturated carbocycles. The fourth-order valence-corrected chi connectivity index (χ4v) is 4.80. The minimum Gasteiger partial charge on any atom is -0.493 e. The molecule has 0 radical (unpaired) electrons. The van der Waals surface area contributed by atoms with Crippen molar-refractivity contribution in [3.63, 3.8) is 0 Å². The number of nitrogens with zero attached hydrogens (tertiary/aromatic N) is 2. The number of amides is 1. The van der Waals surface area contributed by atoms with Crippen LogP contribution < -0.4 is 9.47 Å². The number of halogens is 1. The first-order valence-electron chi connectivity index (χ1n) is 10.9. The minimum absolute atomic E-state index is 0.000862. The van der Waals surface area contributed by atoms with Crippen molar-refractivity contribution >= 4 is 28.8 Å². The number of hydrogen-bond donors (Lipinski definition) is 0. The molecule has 3 aromatic rings. The molecule has 1 aliphatic rings. The number of thiazole rings is 1. The molecule has 7 heteroatoms. The Morgan fingerprint density at radius 3 is 2.50 bits per heavy atom. The van der Waals surface area contributed by atoms with Gasteiger partial charge in [0.25, 0.3) is 5.91 Å². The highest BCUT2D eigenvalue weighted by molar-refractivity contribution is 7.13. The molecule has 0 N–H and O–H groups in total. The summed E-state index contributed by atoms with van der Waals surface area (Å²) >= 11 is 7.53. The number of likely N-dealkylation sites (tertiary alicyclic amines) is 1. The van der Waals surface area contributed by atoms with Crippen LogP contribution in [0.1, 0.15) is 48.2 Å². The lowest BCUT2D eigenvalue weighted by Crippen LogP contribution is -2.34. The first-order chi connectivity index (χ1) is 15.7. The van der Waals surface area contributed by atoms with E-state index in [9.17, 15) is 4.79 Å². The first-order valence-corrected chi connectivity index (χ1v) is 12.2. The molecule has 1 amide bonds. The molecule has 0 spiro atoms. The number of benzene rings is 2. The van der Waals surface area contributed by atoms with Gasteiger partial charge < -0.3 is 14.4 Å². The second kappa shape index (κ2) is 10.8. The van der Waals surface area contributed by atoms with Gasteiger partial charge in [0, 0.05) is 29.1 Å². The lowest BCUT2D eigenvalue weighted by molar-refractivity contribution is 0.0736. The molecular weight excluding hydrogens is 444 g/mol. The van der Waals surface area contributed by atoms with E-state index >= 15 is 0 Å². The molecule has 1 aliphatic heterocycles. The number of hydrogen-bond acceptors (Lipinski definition) is 5. The van der Waals surface area contributed by atoms with Gasteiger partial charge in [0.05, 0.1) is 18.4 Å². The van der Waals surface area contributed by atoms with E-state index in [0.29, 0.717) is 22.1 Å². The normalized spacial score (nSPS) is 14.5. The molecule has 0 aliphatic carbocycles. The number of carbonyl (C=O) groups is 1. The molecule has 1 aromatic heterocycles.